The fraction of sp³-hybridized carbons (Fsp3) is 0.771. The molecule has 4 saturated heterocycles. The van der Waals surface area contributed by atoms with Crippen LogP contribution in [0.25, 0.3) is 0 Å². The van der Waals surface area contributed by atoms with Crippen LogP contribution >= 0.6 is 0 Å². The van der Waals surface area contributed by atoms with Crippen molar-refractivity contribution in [1.29, 1.82) is 0 Å². The molecule has 62 heavy (non-hydrogen) atoms. The second-order valence-corrected chi connectivity index (χ2v) is 19.0. The van der Waals surface area contributed by atoms with Crippen molar-refractivity contribution in [3.05, 3.63) is 59.3 Å². The Labute approximate surface area is 367 Å². The van der Waals surface area contributed by atoms with E-state index in [0.717, 1.165) is 12.0 Å². The molecule has 1 aliphatic carbocycles. The predicted molar refractivity (Wildman–Crippen MR) is 227 cm³/mol. The van der Waals surface area contributed by atoms with Crippen molar-refractivity contribution in [2.45, 2.75) is 191 Å². The van der Waals surface area contributed by atoms with E-state index in [1.807, 2.05) is 32.1 Å². The number of rotatable bonds is 8. The Kier molecular flexibility index (Phi) is 15.1. The van der Waals surface area contributed by atoms with Crippen LogP contribution in [0.4, 0.5) is 0 Å². The molecule has 6 aliphatic heterocycles. The van der Waals surface area contributed by atoms with Crippen molar-refractivity contribution in [2.75, 3.05) is 20.8 Å². The lowest BCUT2D eigenvalue weighted by molar-refractivity contribution is -0.318. The van der Waals surface area contributed by atoms with Gasteiger partial charge in [0.15, 0.2) is 18.4 Å². The summed E-state index contributed by atoms with van der Waals surface area (Å²) in [7, 11) is 3.22. The first-order valence-electron chi connectivity index (χ1n) is 22.9. The third-order valence-electron chi connectivity index (χ3n) is 14.5. The maximum atomic E-state index is 14.3. The number of hydrogen-bond acceptors (Lipinski definition) is 14. The summed E-state index contributed by atoms with van der Waals surface area (Å²) >= 11 is 0. The predicted octanol–water partition coefficient (Wildman–Crippen LogP) is 5.38. The Balaban J connectivity index is 1.18. The first kappa shape index (κ1) is 47.6. The molecule has 7 rings (SSSR count). The fourth-order valence-corrected chi connectivity index (χ4v) is 10.6. The summed E-state index contributed by atoms with van der Waals surface area (Å²) in [6.45, 7) is 16.1. The van der Waals surface area contributed by atoms with E-state index >= 15 is 0 Å². The van der Waals surface area contributed by atoms with Crippen molar-refractivity contribution < 1.29 is 67.5 Å². The normalized spacial score (nSPS) is 49.1. The lowest BCUT2D eigenvalue weighted by Crippen LogP contribution is -2.58. The molecule has 14 nitrogen and oxygen atoms in total. The van der Waals surface area contributed by atoms with Crippen LogP contribution in [0, 0.1) is 23.7 Å². The van der Waals surface area contributed by atoms with Crippen LogP contribution in [-0.2, 0) is 52.2 Å². The first-order valence-corrected chi connectivity index (χ1v) is 22.9. The Morgan fingerprint density at radius 2 is 1.60 bits per heavy atom. The number of carbonyl (C=O) groups excluding carboxylic acids is 1. The van der Waals surface area contributed by atoms with Crippen LogP contribution in [-0.4, -0.2) is 139 Å². The Morgan fingerprint density at radius 3 is 2.32 bits per heavy atom. The van der Waals surface area contributed by atoms with Crippen LogP contribution < -0.4 is 0 Å². The Morgan fingerprint density at radius 1 is 0.887 bits per heavy atom. The average Bonchev–Trinajstić information content (AvgIpc) is 3.58. The van der Waals surface area contributed by atoms with Crippen LogP contribution in [0.15, 0.2) is 59.3 Å². The third-order valence-corrected chi connectivity index (χ3v) is 14.5. The molecular weight excluding hydrogens is 801 g/mol. The van der Waals surface area contributed by atoms with Gasteiger partial charge in [-0.3, -0.25) is 4.79 Å². The summed E-state index contributed by atoms with van der Waals surface area (Å²) in [5.74, 6) is -2.56. The minimum atomic E-state index is -1.84. The van der Waals surface area contributed by atoms with Gasteiger partial charge in [0.05, 0.1) is 49.3 Å². The molecule has 1 unspecified atom stereocenters. The third kappa shape index (κ3) is 9.64. The highest BCUT2D eigenvalue weighted by molar-refractivity contribution is 5.78. The van der Waals surface area contributed by atoms with E-state index in [2.05, 4.69) is 39.8 Å². The molecule has 0 aromatic carbocycles. The standard InChI is InChI=1S/C48H72O14/c1-11-25(2)43-28(5)17-18-47(62-43)23-34-20-33(61-47)16-15-27(4)42(26(3)13-12-14-32-24-55-45-40(49)29(6)19-35(46(51)58-34)48(32,45)52)59-39-22-37(54-10)44(31(8)57-39)60-38-21-36(53-9)41(50)30(7)56-38/h12-15,17-19,25-26,28,30-31,33-45,49-50,52H,11,16,20-24H2,1-10H3/b13-12+,27-15+,32-14+/t25-,26-,28-,30-,31-,33+,34-,35-,36-,37-,38-,39-,40+,41-,42?,43+,44-,45+,47+,48+/m0/s1. The van der Waals surface area contributed by atoms with Gasteiger partial charge in [0, 0.05) is 51.7 Å². The molecule has 1 spiro atoms. The fourth-order valence-electron chi connectivity index (χ4n) is 10.6. The van der Waals surface area contributed by atoms with Crippen molar-refractivity contribution in [3.8, 4) is 0 Å². The second kappa shape index (κ2) is 19.7. The molecule has 0 amide bonds. The first-order chi connectivity index (χ1) is 29.5. The lowest BCUT2D eigenvalue weighted by Gasteiger charge is -2.48. The number of esters is 1. The molecule has 6 heterocycles. The number of carbonyl (C=O) groups is 1. The molecule has 4 fully saturated rings. The zero-order valence-corrected chi connectivity index (χ0v) is 38.2. The van der Waals surface area contributed by atoms with E-state index in [9.17, 15) is 20.1 Å². The largest absolute Gasteiger partial charge is 0.462 e. The van der Waals surface area contributed by atoms with E-state index < -0.39 is 90.8 Å². The molecule has 3 N–H and O–H groups in total. The van der Waals surface area contributed by atoms with Gasteiger partial charge in [-0.05, 0) is 62.8 Å². The van der Waals surface area contributed by atoms with E-state index in [-0.39, 0.29) is 42.7 Å². The number of hydrogen-bond donors (Lipinski definition) is 3. The zero-order chi connectivity index (χ0) is 44.7. The van der Waals surface area contributed by atoms with E-state index in [1.165, 1.54) is 0 Å². The van der Waals surface area contributed by atoms with Gasteiger partial charge in [0.25, 0.3) is 0 Å². The molecule has 2 bridgehead atoms. The summed E-state index contributed by atoms with van der Waals surface area (Å²) < 4.78 is 63.7. The van der Waals surface area contributed by atoms with E-state index in [0.29, 0.717) is 43.3 Å². The summed E-state index contributed by atoms with van der Waals surface area (Å²) in [6.07, 6.45) is 8.55. The van der Waals surface area contributed by atoms with Gasteiger partial charge < -0.3 is 62.7 Å². The summed E-state index contributed by atoms with van der Waals surface area (Å²) in [6, 6.07) is 0. The molecule has 348 valence electrons. The lowest BCUT2D eigenvalue weighted by atomic mass is 9.71. The highest BCUT2D eigenvalue weighted by Crippen LogP contribution is 2.47. The molecule has 7 aliphatic rings. The topological polar surface area (TPSA) is 170 Å². The van der Waals surface area contributed by atoms with Crippen LogP contribution in [0.2, 0.25) is 0 Å². The Hall–Kier alpha value is -2.31. The number of ether oxygens (including phenoxy) is 10. The Bertz CT molecular complexity index is 1730. The second-order valence-electron chi connectivity index (χ2n) is 19.0. The number of fused-ring (bicyclic) bond motifs is 2. The molecule has 0 radical (unpaired) electrons. The zero-order valence-electron chi connectivity index (χ0n) is 38.2. The maximum Gasteiger partial charge on any atom is 0.316 e. The van der Waals surface area contributed by atoms with Crippen molar-refractivity contribution in [1.82, 2.24) is 0 Å². The average molecular weight is 873 g/mol. The van der Waals surface area contributed by atoms with Gasteiger partial charge in [-0.15, -0.1) is 0 Å². The van der Waals surface area contributed by atoms with Gasteiger partial charge in [0.2, 0.25) is 0 Å². The van der Waals surface area contributed by atoms with Crippen molar-refractivity contribution in [3.63, 3.8) is 0 Å². The van der Waals surface area contributed by atoms with Crippen molar-refractivity contribution >= 4 is 5.97 Å². The van der Waals surface area contributed by atoms with Gasteiger partial charge >= 0.3 is 5.97 Å². The minimum absolute atomic E-state index is 0.0317. The van der Waals surface area contributed by atoms with Gasteiger partial charge in [-0.25, -0.2) is 0 Å². The molecule has 0 saturated carbocycles. The van der Waals surface area contributed by atoms with Crippen LogP contribution in [0.3, 0.4) is 0 Å². The highest BCUT2D eigenvalue weighted by atomic mass is 16.7. The summed E-state index contributed by atoms with van der Waals surface area (Å²) in [5.41, 5.74) is 0.134. The van der Waals surface area contributed by atoms with Gasteiger partial charge in [0.1, 0.15) is 42.0 Å². The van der Waals surface area contributed by atoms with Crippen molar-refractivity contribution in [2.24, 2.45) is 23.7 Å². The number of aliphatic hydroxyl groups excluding tert-OH is 2. The minimum Gasteiger partial charge on any atom is -0.462 e. The molecule has 14 heteroatoms. The summed E-state index contributed by atoms with van der Waals surface area (Å²) in [5, 5.41) is 34.2. The number of allylic oxidation sites excluding steroid dienone is 2. The number of aliphatic hydroxyl groups is 3. The van der Waals surface area contributed by atoms with Crippen LogP contribution in [0.5, 0.6) is 0 Å². The molecule has 0 aromatic rings. The van der Waals surface area contributed by atoms with E-state index in [4.69, 9.17) is 47.4 Å². The molecule has 20 atom stereocenters. The number of methoxy groups -OCH3 is 2. The van der Waals surface area contributed by atoms with Gasteiger partial charge in [-0.2, -0.15) is 0 Å². The smallest absolute Gasteiger partial charge is 0.316 e. The highest BCUT2D eigenvalue weighted by Gasteiger charge is 2.60. The summed E-state index contributed by atoms with van der Waals surface area (Å²) in [4.78, 5) is 14.3. The van der Waals surface area contributed by atoms with Gasteiger partial charge in [-0.1, -0.05) is 70.6 Å². The monoisotopic (exact) mass is 872 g/mol. The SMILES string of the molecule is CC[C@H](C)[C@H]1O[C@]2(C=C[C@@H]1C)C[C@@H]1C[C@@H](C/C=C(\C)C(O[C@H]3C[C@H](OC)[C@@H](O[C@H]4C[C@H](OC)[C@@H](O)[C@H](C)O4)[C@H](C)O3)[C@@H](C)/C=C/C=C3\CO[C@@H]4[C@H](O)C(C)=C[C@@H](C(=O)O1)[C@]34O)O2. The quantitative estimate of drug-likeness (QED) is 0.210. The van der Waals surface area contributed by atoms with E-state index in [1.54, 1.807) is 40.2 Å². The maximum absolute atomic E-state index is 14.3. The molecular formula is C48H72O14. The van der Waals surface area contributed by atoms with Crippen LogP contribution in [0.1, 0.15) is 93.9 Å². The molecule has 0 aromatic heterocycles.